The summed E-state index contributed by atoms with van der Waals surface area (Å²) in [6, 6.07) is -2.88. The van der Waals surface area contributed by atoms with E-state index in [1.807, 2.05) is 0 Å². The first-order chi connectivity index (χ1) is 23.2. The highest BCUT2D eigenvalue weighted by atomic mass is 16.6. The highest BCUT2D eigenvalue weighted by Gasteiger charge is 2.39. The molecule has 50 heavy (non-hydrogen) atoms. The standard InChI is InChI=1S/C36H59N5O9/c1-20(2)28(40-32(45)27-16-12-18-41(27)35(48)50-36(8,9)10)33(46)39-26(31(44)38-21(3)4)15-11-17-37-34(47)49-19-13-14-25-24(7)29(42)22(5)23(6)30(25)43/h20-23,26-28H,11-19H2,1-10H3,(H,37,47)(H,38,44)(H,39,46)(H,40,45)/t22-,23-,26-,27-,28-/m0/s1. The SMILES string of the molecule is CC1=C(CCCOC(=O)NCCC[C@H](NC(=O)[C@@H](NC(=O)[C@@H]2CCCN2C(=O)OC(C)(C)C)C(C)C)C(=O)NC(C)C)C(=O)[C@@H](C)[C@H](C)C1=O. The predicted octanol–water partition coefficient (Wildman–Crippen LogP) is 3.56. The number of hydrogen-bond acceptors (Lipinski definition) is 9. The monoisotopic (exact) mass is 705 g/mol. The Morgan fingerprint density at radius 1 is 0.900 bits per heavy atom. The molecular formula is C36H59N5O9. The van der Waals surface area contributed by atoms with E-state index in [1.54, 1.807) is 69.2 Å². The number of likely N-dealkylation sites (tertiary alicyclic amines) is 1. The van der Waals surface area contributed by atoms with Gasteiger partial charge in [0.2, 0.25) is 17.7 Å². The normalized spacial score (nSPS) is 20.8. The number of rotatable bonds is 15. The highest BCUT2D eigenvalue weighted by Crippen LogP contribution is 2.30. The Balaban J connectivity index is 1.92. The van der Waals surface area contributed by atoms with Crippen molar-refractivity contribution in [1.29, 1.82) is 0 Å². The number of ether oxygens (including phenoxy) is 2. The van der Waals surface area contributed by atoms with Crippen LogP contribution in [0.15, 0.2) is 11.1 Å². The van der Waals surface area contributed by atoms with Crippen molar-refractivity contribution in [2.24, 2.45) is 17.8 Å². The zero-order valence-electron chi connectivity index (χ0n) is 31.5. The van der Waals surface area contributed by atoms with Gasteiger partial charge in [0, 0.05) is 36.5 Å². The summed E-state index contributed by atoms with van der Waals surface area (Å²) in [5, 5.41) is 11.0. The minimum Gasteiger partial charge on any atom is -0.450 e. The Bertz CT molecular complexity index is 1300. The smallest absolute Gasteiger partial charge is 0.410 e. The Labute approximate surface area is 296 Å². The van der Waals surface area contributed by atoms with E-state index in [2.05, 4.69) is 21.3 Å². The van der Waals surface area contributed by atoms with E-state index in [1.165, 1.54) is 4.90 Å². The van der Waals surface area contributed by atoms with Crippen molar-refractivity contribution in [1.82, 2.24) is 26.2 Å². The molecule has 14 nitrogen and oxygen atoms in total. The summed E-state index contributed by atoms with van der Waals surface area (Å²) in [6.07, 6.45) is 1.05. The molecule has 1 fully saturated rings. The van der Waals surface area contributed by atoms with Crippen LogP contribution in [0.25, 0.3) is 0 Å². The van der Waals surface area contributed by atoms with Crippen molar-refractivity contribution in [2.75, 3.05) is 19.7 Å². The molecule has 0 bridgehead atoms. The lowest BCUT2D eigenvalue weighted by atomic mass is 9.75. The second kappa shape index (κ2) is 18.9. The fourth-order valence-electron chi connectivity index (χ4n) is 5.95. The van der Waals surface area contributed by atoms with Gasteiger partial charge in [-0.05, 0) is 91.6 Å². The summed E-state index contributed by atoms with van der Waals surface area (Å²) < 4.78 is 10.7. The fourth-order valence-corrected chi connectivity index (χ4v) is 5.95. The van der Waals surface area contributed by atoms with Crippen molar-refractivity contribution in [3.63, 3.8) is 0 Å². The zero-order chi connectivity index (χ0) is 37.9. The number of carbonyl (C=O) groups excluding carboxylic acids is 7. The van der Waals surface area contributed by atoms with Gasteiger partial charge >= 0.3 is 12.2 Å². The van der Waals surface area contributed by atoms with Crippen molar-refractivity contribution < 1.29 is 43.0 Å². The minimum atomic E-state index is -0.973. The lowest BCUT2D eigenvalue weighted by molar-refractivity contribution is -0.134. The summed E-state index contributed by atoms with van der Waals surface area (Å²) in [7, 11) is 0. The lowest BCUT2D eigenvalue weighted by Crippen LogP contribution is -2.58. The van der Waals surface area contributed by atoms with Crippen molar-refractivity contribution in [3.05, 3.63) is 11.1 Å². The van der Waals surface area contributed by atoms with E-state index >= 15 is 0 Å². The molecule has 0 saturated carbocycles. The number of alkyl carbamates (subject to hydrolysis) is 1. The van der Waals surface area contributed by atoms with Crippen LogP contribution in [0.1, 0.15) is 108 Å². The van der Waals surface area contributed by atoms with Crippen LogP contribution in [-0.2, 0) is 33.4 Å². The van der Waals surface area contributed by atoms with Gasteiger partial charge in [-0.25, -0.2) is 9.59 Å². The third kappa shape index (κ3) is 12.4. The van der Waals surface area contributed by atoms with Crippen LogP contribution in [0.4, 0.5) is 9.59 Å². The van der Waals surface area contributed by atoms with E-state index in [-0.39, 0.29) is 54.9 Å². The molecule has 4 N–H and O–H groups in total. The second-order valence-electron chi connectivity index (χ2n) is 15.0. The minimum absolute atomic E-state index is 0.0254. The van der Waals surface area contributed by atoms with Gasteiger partial charge in [-0.3, -0.25) is 28.9 Å². The molecule has 1 saturated heterocycles. The second-order valence-corrected chi connectivity index (χ2v) is 15.0. The molecule has 5 amide bonds. The summed E-state index contributed by atoms with van der Waals surface area (Å²) in [5.74, 6) is -2.52. The number of amides is 5. The molecule has 1 aliphatic heterocycles. The van der Waals surface area contributed by atoms with Crippen LogP contribution in [0, 0.1) is 17.8 Å². The summed E-state index contributed by atoms with van der Waals surface area (Å²) in [6.45, 7) is 18.2. The van der Waals surface area contributed by atoms with Gasteiger partial charge in [-0.2, -0.15) is 0 Å². The van der Waals surface area contributed by atoms with Gasteiger partial charge < -0.3 is 30.7 Å². The van der Waals surface area contributed by atoms with E-state index < -0.39 is 53.6 Å². The van der Waals surface area contributed by atoms with Crippen LogP contribution < -0.4 is 21.3 Å². The average Bonchev–Trinajstić information content (AvgIpc) is 3.52. The van der Waals surface area contributed by atoms with Crippen LogP contribution >= 0.6 is 0 Å². The highest BCUT2D eigenvalue weighted by molar-refractivity contribution is 6.13. The van der Waals surface area contributed by atoms with Gasteiger partial charge in [-0.15, -0.1) is 0 Å². The number of carbonyl (C=O) groups is 7. The zero-order valence-corrected chi connectivity index (χ0v) is 31.5. The van der Waals surface area contributed by atoms with Gasteiger partial charge in [-0.1, -0.05) is 27.7 Å². The van der Waals surface area contributed by atoms with Crippen LogP contribution in [0.5, 0.6) is 0 Å². The molecule has 0 aromatic rings. The van der Waals surface area contributed by atoms with E-state index in [9.17, 15) is 33.6 Å². The van der Waals surface area contributed by atoms with Gasteiger partial charge in [0.05, 0.1) is 6.61 Å². The number of hydrogen-bond donors (Lipinski definition) is 4. The number of nitrogens with one attached hydrogen (secondary N) is 4. The summed E-state index contributed by atoms with van der Waals surface area (Å²) in [5.41, 5.74) is 0.255. The largest absolute Gasteiger partial charge is 0.450 e. The maximum absolute atomic E-state index is 13.5. The molecule has 5 atom stereocenters. The van der Waals surface area contributed by atoms with Crippen LogP contribution in [0.3, 0.4) is 0 Å². The topological polar surface area (TPSA) is 189 Å². The molecule has 2 rings (SSSR count). The maximum atomic E-state index is 13.5. The summed E-state index contributed by atoms with van der Waals surface area (Å²) >= 11 is 0. The first kappa shape index (κ1) is 42.2. The lowest BCUT2D eigenvalue weighted by Gasteiger charge is -2.30. The molecule has 2 aliphatic rings. The van der Waals surface area contributed by atoms with Crippen LogP contribution in [0.2, 0.25) is 0 Å². The van der Waals surface area contributed by atoms with Crippen LogP contribution in [-0.4, -0.2) is 95.8 Å². The molecule has 1 heterocycles. The van der Waals surface area contributed by atoms with Gasteiger partial charge in [0.15, 0.2) is 11.6 Å². The molecule has 0 radical (unpaired) electrons. The quantitative estimate of drug-likeness (QED) is 0.185. The molecule has 282 valence electrons. The van der Waals surface area contributed by atoms with E-state index in [0.29, 0.717) is 49.8 Å². The van der Waals surface area contributed by atoms with Crippen molar-refractivity contribution in [3.8, 4) is 0 Å². The maximum Gasteiger partial charge on any atom is 0.410 e. The molecule has 0 aromatic heterocycles. The summed E-state index contributed by atoms with van der Waals surface area (Å²) in [4.78, 5) is 91.3. The molecule has 0 aromatic carbocycles. The third-order valence-corrected chi connectivity index (χ3v) is 8.93. The van der Waals surface area contributed by atoms with Gasteiger partial charge in [0.25, 0.3) is 0 Å². The fraction of sp³-hybridized carbons (Fsp3) is 0.750. The molecule has 1 aliphatic carbocycles. The predicted molar refractivity (Wildman–Crippen MR) is 187 cm³/mol. The number of nitrogens with zero attached hydrogens (tertiary/aromatic N) is 1. The molecule has 14 heteroatoms. The van der Waals surface area contributed by atoms with Gasteiger partial charge in [0.1, 0.15) is 23.7 Å². The first-order valence-corrected chi connectivity index (χ1v) is 17.8. The number of Topliss-reactive ketones (excluding diaryl/α,β-unsaturated/α-hetero) is 2. The van der Waals surface area contributed by atoms with E-state index in [0.717, 1.165) is 0 Å². The Hall–Kier alpha value is -3.97. The average molecular weight is 706 g/mol. The van der Waals surface area contributed by atoms with Crippen molar-refractivity contribution >= 4 is 41.5 Å². The Morgan fingerprint density at radius 2 is 1.54 bits per heavy atom. The number of allylic oxidation sites excluding steroid dienone is 2. The Morgan fingerprint density at radius 3 is 2.14 bits per heavy atom. The molecular weight excluding hydrogens is 646 g/mol. The third-order valence-electron chi connectivity index (χ3n) is 8.93. The Kier molecular flexibility index (Phi) is 15.9. The molecule has 0 unspecified atom stereocenters. The first-order valence-electron chi connectivity index (χ1n) is 17.8. The molecule has 0 spiro atoms. The van der Waals surface area contributed by atoms with E-state index in [4.69, 9.17) is 9.47 Å². The van der Waals surface area contributed by atoms with Crippen molar-refractivity contribution in [2.45, 2.75) is 138 Å². The number of ketones is 2.